The van der Waals surface area contributed by atoms with Crippen molar-refractivity contribution in [2.24, 2.45) is 0 Å². The summed E-state index contributed by atoms with van der Waals surface area (Å²) < 4.78 is 5.69. The third-order valence-corrected chi connectivity index (χ3v) is 4.80. The van der Waals surface area contributed by atoms with Crippen molar-refractivity contribution in [3.8, 4) is 5.75 Å². The van der Waals surface area contributed by atoms with Crippen molar-refractivity contribution in [1.82, 2.24) is 5.32 Å². The highest BCUT2D eigenvalue weighted by Crippen LogP contribution is 2.33. The minimum absolute atomic E-state index is 0.284. The second kappa shape index (κ2) is 5.35. The fraction of sp³-hybridized carbons (Fsp3) is 0.375. The van der Waals surface area contributed by atoms with Gasteiger partial charge in [-0.05, 0) is 61.0 Å². The molecule has 1 aromatic carbocycles. The lowest BCUT2D eigenvalue weighted by Gasteiger charge is -2.21. The van der Waals surface area contributed by atoms with E-state index in [4.69, 9.17) is 4.74 Å². The highest BCUT2D eigenvalue weighted by atomic mass is 32.1. The molecule has 0 saturated carbocycles. The van der Waals surface area contributed by atoms with E-state index in [0.29, 0.717) is 0 Å². The van der Waals surface area contributed by atoms with Gasteiger partial charge in [-0.15, -0.1) is 11.3 Å². The lowest BCUT2D eigenvalue weighted by Crippen LogP contribution is -2.18. The Morgan fingerprint density at radius 3 is 2.95 bits per heavy atom. The molecule has 0 amide bonds. The Bertz CT molecular complexity index is 576. The van der Waals surface area contributed by atoms with Crippen LogP contribution in [0.4, 0.5) is 0 Å². The van der Waals surface area contributed by atoms with E-state index >= 15 is 0 Å². The predicted octanol–water partition coefficient (Wildman–Crippen LogP) is 3.69. The summed E-state index contributed by atoms with van der Waals surface area (Å²) in [5.74, 6) is 1.06. The Morgan fingerprint density at radius 1 is 1.32 bits per heavy atom. The average molecular weight is 273 g/mol. The van der Waals surface area contributed by atoms with Crippen LogP contribution < -0.4 is 10.1 Å². The second-order valence-electron chi connectivity index (χ2n) is 5.01. The summed E-state index contributed by atoms with van der Waals surface area (Å²) in [6.45, 7) is 3.03. The lowest BCUT2D eigenvalue weighted by atomic mass is 9.97. The highest BCUT2D eigenvalue weighted by molar-refractivity contribution is 7.10. The summed E-state index contributed by atoms with van der Waals surface area (Å²) in [6, 6.07) is 9.08. The third kappa shape index (κ3) is 2.40. The van der Waals surface area contributed by atoms with Crippen molar-refractivity contribution in [1.29, 1.82) is 0 Å². The SMILES string of the molecule is CNC(c1ccc2c(c1)CCCO2)c1sccc1C. The Balaban J connectivity index is 1.98. The van der Waals surface area contributed by atoms with Crippen LogP contribution in [-0.4, -0.2) is 13.7 Å². The summed E-state index contributed by atoms with van der Waals surface area (Å²) in [5.41, 5.74) is 4.04. The predicted molar refractivity (Wildman–Crippen MR) is 80.2 cm³/mol. The number of aryl methyl sites for hydroxylation is 2. The van der Waals surface area contributed by atoms with E-state index in [0.717, 1.165) is 25.2 Å². The molecule has 0 bridgehead atoms. The molecule has 2 nitrogen and oxygen atoms in total. The molecule has 1 N–H and O–H groups in total. The molecular formula is C16H19NOS. The molecule has 0 fully saturated rings. The quantitative estimate of drug-likeness (QED) is 0.921. The number of nitrogens with one attached hydrogen (secondary N) is 1. The van der Waals surface area contributed by atoms with Crippen molar-refractivity contribution in [2.45, 2.75) is 25.8 Å². The fourth-order valence-corrected chi connectivity index (χ4v) is 3.75. The normalized spacial score (nSPS) is 15.7. The molecule has 0 radical (unpaired) electrons. The zero-order valence-corrected chi connectivity index (χ0v) is 12.2. The van der Waals surface area contributed by atoms with Crippen LogP contribution in [0.25, 0.3) is 0 Å². The van der Waals surface area contributed by atoms with Gasteiger partial charge >= 0.3 is 0 Å². The summed E-state index contributed by atoms with van der Waals surface area (Å²) in [4.78, 5) is 1.40. The van der Waals surface area contributed by atoms with Crippen molar-refractivity contribution < 1.29 is 4.74 Å². The van der Waals surface area contributed by atoms with Gasteiger partial charge in [0.1, 0.15) is 5.75 Å². The maximum Gasteiger partial charge on any atom is 0.122 e. The number of ether oxygens (including phenoxy) is 1. The molecule has 2 aromatic rings. The van der Waals surface area contributed by atoms with Crippen molar-refractivity contribution >= 4 is 11.3 Å². The first-order valence-electron chi connectivity index (χ1n) is 6.76. The van der Waals surface area contributed by atoms with Crippen LogP contribution in [0.5, 0.6) is 5.75 Å². The number of hydrogen-bond donors (Lipinski definition) is 1. The zero-order valence-electron chi connectivity index (χ0n) is 11.4. The van der Waals surface area contributed by atoms with E-state index in [-0.39, 0.29) is 6.04 Å². The lowest BCUT2D eigenvalue weighted by molar-refractivity contribution is 0.288. The maximum absolute atomic E-state index is 5.69. The minimum atomic E-state index is 0.284. The van der Waals surface area contributed by atoms with Crippen LogP contribution >= 0.6 is 11.3 Å². The van der Waals surface area contributed by atoms with Gasteiger partial charge in [0.05, 0.1) is 12.6 Å². The van der Waals surface area contributed by atoms with Crippen molar-refractivity contribution in [3.63, 3.8) is 0 Å². The Morgan fingerprint density at radius 2 is 2.21 bits per heavy atom. The first-order chi connectivity index (χ1) is 9.29. The van der Waals surface area contributed by atoms with Gasteiger partial charge in [-0.2, -0.15) is 0 Å². The molecule has 19 heavy (non-hydrogen) atoms. The molecule has 1 unspecified atom stereocenters. The van der Waals surface area contributed by atoms with E-state index in [1.165, 1.54) is 21.6 Å². The molecule has 1 aliphatic heterocycles. The molecule has 1 aromatic heterocycles. The topological polar surface area (TPSA) is 21.3 Å². The summed E-state index contributed by atoms with van der Waals surface area (Å²) in [5, 5.41) is 5.60. The van der Waals surface area contributed by atoms with Gasteiger partial charge < -0.3 is 10.1 Å². The Kier molecular flexibility index (Phi) is 3.58. The molecule has 2 heterocycles. The molecule has 100 valence electrons. The summed E-state index contributed by atoms with van der Waals surface area (Å²) in [6.07, 6.45) is 2.25. The van der Waals surface area contributed by atoms with Crippen LogP contribution in [0.15, 0.2) is 29.6 Å². The van der Waals surface area contributed by atoms with Crippen LogP contribution in [-0.2, 0) is 6.42 Å². The molecule has 0 aliphatic carbocycles. The van der Waals surface area contributed by atoms with Gasteiger partial charge in [0.15, 0.2) is 0 Å². The zero-order chi connectivity index (χ0) is 13.2. The molecule has 0 spiro atoms. The van der Waals surface area contributed by atoms with Gasteiger partial charge in [-0.3, -0.25) is 0 Å². The van der Waals surface area contributed by atoms with Gasteiger partial charge in [0.25, 0.3) is 0 Å². The first-order valence-corrected chi connectivity index (χ1v) is 7.64. The van der Waals surface area contributed by atoms with Gasteiger partial charge in [0.2, 0.25) is 0 Å². The number of fused-ring (bicyclic) bond motifs is 1. The van der Waals surface area contributed by atoms with Crippen molar-refractivity contribution in [3.05, 3.63) is 51.2 Å². The summed E-state index contributed by atoms with van der Waals surface area (Å²) in [7, 11) is 2.03. The van der Waals surface area contributed by atoms with Gasteiger partial charge in [0, 0.05) is 4.88 Å². The number of rotatable bonds is 3. The van der Waals surface area contributed by atoms with Crippen LogP contribution in [0.1, 0.15) is 34.0 Å². The van der Waals surface area contributed by atoms with Crippen LogP contribution in [0.2, 0.25) is 0 Å². The summed E-state index contributed by atoms with van der Waals surface area (Å²) >= 11 is 1.82. The standard InChI is InChI=1S/C16H19NOS/c1-11-7-9-19-16(11)15(17-2)13-5-6-14-12(10-13)4-3-8-18-14/h5-7,9-10,15,17H,3-4,8H2,1-2H3. The van der Waals surface area contributed by atoms with E-state index in [1.807, 2.05) is 18.4 Å². The Labute approximate surface area is 118 Å². The van der Waals surface area contributed by atoms with Crippen LogP contribution in [0, 0.1) is 6.92 Å². The van der Waals surface area contributed by atoms with Gasteiger partial charge in [-0.1, -0.05) is 12.1 Å². The van der Waals surface area contributed by atoms with Gasteiger partial charge in [-0.25, -0.2) is 0 Å². The average Bonchev–Trinajstić information content (AvgIpc) is 2.86. The molecule has 1 atom stereocenters. The molecule has 3 rings (SSSR count). The second-order valence-corrected chi connectivity index (χ2v) is 5.96. The minimum Gasteiger partial charge on any atom is -0.493 e. The number of hydrogen-bond acceptors (Lipinski definition) is 3. The van der Waals surface area contributed by atoms with Crippen molar-refractivity contribution in [2.75, 3.05) is 13.7 Å². The smallest absolute Gasteiger partial charge is 0.122 e. The Hall–Kier alpha value is -1.32. The largest absolute Gasteiger partial charge is 0.493 e. The molecule has 3 heteroatoms. The van der Waals surface area contributed by atoms with Crippen LogP contribution in [0.3, 0.4) is 0 Å². The fourth-order valence-electron chi connectivity index (χ4n) is 2.69. The van der Waals surface area contributed by atoms with E-state index < -0.39 is 0 Å². The van der Waals surface area contributed by atoms with E-state index in [2.05, 4.69) is 41.9 Å². The van der Waals surface area contributed by atoms with E-state index in [9.17, 15) is 0 Å². The monoisotopic (exact) mass is 273 g/mol. The molecule has 0 saturated heterocycles. The number of thiophene rings is 1. The van der Waals surface area contributed by atoms with E-state index in [1.54, 1.807) is 0 Å². The molecular weight excluding hydrogens is 254 g/mol. The molecule has 1 aliphatic rings. The maximum atomic E-state index is 5.69. The highest BCUT2D eigenvalue weighted by Gasteiger charge is 2.18. The number of benzene rings is 1. The first kappa shape index (κ1) is 12.7. The third-order valence-electron chi connectivity index (χ3n) is 3.72.